The summed E-state index contributed by atoms with van der Waals surface area (Å²) in [7, 11) is 0. The van der Waals surface area contributed by atoms with Gasteiger partial charge in [-0.3, -0.25) is 0 Å². The van der Waals surface area contributed by atoms with Gasteiger partial charge in [0.25, 0.3) is 0 Å². The molecular formula is C19H28N4O2. The molecular weight excluding hydrogens is 316 g/mol. The third-order valence-corrected chi connectivity index (χ3v) is 4.55. The van der Waals surface area contributed by atoms with Gasteiger partial charge in [0.1, 0.15) is 24.3 Å². The molecule has 0 bridgehead atoms. The molecule has 1 aromatic carbocycles. The number of benzene rings is 1. The van der Waals surface area contributed by atoms with E-state index in [0.29, 0.717) is 19.1 Å². The van der Waals surface area contributed by atoms with Gasteiger partial charge < -0.3 is 20.5 Å². The van der Waals surface area contributed by atoms with Gasteiger partial charge in [-0.1, -0.05) is 18.2 Å². The topological polar surface area (TPSA) is 71.3 Å². The predicted molar refractivity (Wildman–Crippen MR) is 99.2 cm³/mol. The second-order valence-electron chi connectivity index (χ2n) is 6.94. The minimum atomic E-state index is -0.530. The van der Waals surface area contributed by atoms with Crippen LogP contribution in [0, 0.1) is 26.7 Å². The number of hydrogen-bond donors (Lipinski definition) is 3. The summed E-state index contributed by atoms with van der Waals surface area (Å²) < 4.78 is 7.82. The summed E-state index contributed by atoms with van der Waals surface area (Å²) in [6.07, 6.45) is -0.530. The highest BCUT2D eigenvalue weighted by Crippen LogP contribution is 2.22. The average Bonchev–Trinajstić information content (AvgIpc) is 2.93. The smallest absolute Gasteiger partial charge is 0.125 e. The predicted octanol–water partition coefficient (Wildman–Crippen LogP) is 1.88. The zero-order valence-electron chi connectivity index (χ0n) is 15.2. The van der Waals surface area contributed by atoms with E-state index in [4.69, 9.17) is 4.74 Å². The quantitative estimate of drug-likeness (QED) is 0.715. The molecule has 0 unspecified atom stereocenters. The highest BCUT2D eigenvalue weighted by Gasteiger charge is 2.19. The van der Waals surface area contributed by atoms with Crippen molar-refractivity contribution in [1.29, 1.82) is 0 Å². The maximum atomic E-state index is 10.2. The van der Waals surface area contributed by atoms with Gasteiger partial charge in [0.2, 0.25) is 0 Å². The lowest BCUT2D eigenvalue weighted by molar-refractivity contribution is 0.104. The lowest BCUT2D eigenvalue weighted by Gasteiger charge is -2.25. The molecule has 0 aliphatic carbocycles. The molecule has 6 heteroatoms. The number of aromatic nitrogens is 2. The minimum Gasteiger partial charge on any atom is -0.490 e. The standard InChI is InChI=1S/C19H28N4O2/c1-13-5-4-6-14(2)19(13)25-12-17(24)10-20-8-16-9-21-18-7-15(3)22-23(18)11-16/h4-7,16-17,20-21,24H,8-12H2,1-3H3/t16-,17+/m0/s1. The number of nitrogens with zero attached hydrogens (tertiary/aromatic N) is 2. The number of ether oxygens (including phenoxy) is 1. The van der Waals surface area contributed by atoms with Crippen molar-refractivity contribution in [2.45, 2.75) is 33.4 Å². The summed E-state index contributed by atoms with van der Waals surface area (Å²) in [5, 5.41) is 21.4. The van der Waals surface area contributed by atoms with E-state index in [9.17, 15) is 5.11 Å². The van der Waals surface area contributed by atoms with Gasteiger partial charge in [-0.15, -0.1) is 0 Å². The summed E-state index contributed by atoms with van der Waals surface area (Å²) in [5.74, 6) is 2.42. The second kappa shape index (κ2) is 7.89. The first-order valence-electron chi connectivity index (χ1n) is 8.89. The number of rotatable bonds is 7. The highest BCUT2D eigenvalue weighted by atomic mass is 16.5. The lowest BCUT2D eigenvalue weighted by Crippen LogP contribution is -2.39. The maximum Gasteiger partial charge on any atom is 0.125 e. The third kappa shape index (κ3) is 4.52. The Balaban J connectivity index is 1.39. The number of anilines is 1. The highest BCUT2D eigenvalue weighted by molar-refractivity contribution is 5.40. The Kier molecular flexibility index (Phi) is 5.60. The van der Waals surface area contributed by atoms with E-state index in [-0.39, 0.29) is 0 Å². The lowest BCUT2D eigenvalue weighted by atomic mass is 10.1. The summed E-state index contributed by atoms with van der Waals surface area (Å²) in [6.45, 7) is 9.53. The Morgan fingerprint density at radius 3 is 2.88 bits per heavy atom. The molecule has 0 fully saturated rings. The van der Waals surface area contributed by atoms with E-state index >= 15 is 0 Å². The van der Waals surface area contributed by atoms with Gasteiger partial charge >= 0.3 is 0 Å². The second-order valence-corrected chi connectivity index (χ2v) is 6.94. The summed E-state index contributed by atoms with van der Waals surface area (Å²) >= 11 is 0. The van der Waals surface area contributed by atoms with Gasteiger partial charge in [0.15, 0.2) is 0 Å². The monoisotopic (exact) mass is 344 g/mol. The van der Waals surface area contributed by atoms with Crippen LogP contribution >= 0.6 is 0 Å². The molecule has 3 rings (SSSR count). The van der Waals surface area contributed by atoms with E-state index in [1.807, 2.05) is 43.7 Å². The van der Waals surface area contributed by atoms with Crippen LogP contribution in [0.25, 0.3) is 0 Å². The number of aliphatic hydroxyl groups is 1. The first-order chi connectivity index (χ1) is 12.0. The SMILES string of the molecule is Cc1cc2n(n1)C[C@@H](CNC[C@@H](O)COc1c(C)cccc1C)CN2. The van der Waals surface area contributed by atoms with Crippen molar-refractivity contribution in [2.24, 2.45) is 5.92 Å². The van der Waals surface area contributed by atoms with Crippen molar-refractivity contribution in [3.63, 3.8) is 0 Å². The van der Waals surface area contributed by atoms with Crippen LogP contribution in [0.5, 0.6) is 5.75 Å². The van der Waals surface area contributed by atoms with Crippen molar-refractivity contribution < 1.29 is 9.84 Å². The molecule has 0 radical (unpaired) electrons. The summed E-state index contributed by atoms with van der Waals surface area (Å²) in [6, 6.07) is 8.13. The fourth-order valence-corrected chi connectivity index (χ4v) is 3.24. The molecule has 136 valence electrons. The summed E-state index contributed by atoms with van der Waals surface area (Å²) in [4.78, 5) is 0. The van der Waals surface area contributed by atoms with E-state index in [1.165, 1.54) is 0 Å². The number of para-hydroxylation sites is 1. The Bertz CT molecular complexity index is 693. The number of aryl methyl sites for hydroxylation is 3. The van der Waals surface area contributed by atoms with Crippen molar-refractivity contribution in [3.05, 3.63) is 41.1 Å². The molecule has 25 heavy (non-hydrogen) atoms. The Labute approximate surface area is 149 Å². The molecule has 3 N–H and O–H groups in total. The summed E-state index contributed by atoms with van der Waals surface area (Å²) in [5.41, 5.74) is 3.23. The molecule has 1 aliphatic rings. The molecule has 0 saturated carbocycles. The van der Waals surface area contributed by atoms with Gasteiger partial charge in [-0.05, 0) is 31.9 Å². The van der Waals surface area contributed by atoms with Gasteiger partial charge in [0.05, 0.1) is 5.69 Å². The molecule has 2 aromatic rings. The van der Waals surface area contributed by atoms with E-state index in [2.05, 4.69) is 21.8 Å². The Morgan fingerprint density at radius 1 is 1.36 bits per heavy atom. The van der Waals surface area contributed by atoms with E-state index in [0.717, 1.165) is 48.0 Å². The molecule has 2 heterocycles. The number of aliphatic hydroxyl groups excluding tert-OH is 1. The van der Waals surface area contributed by atoms with Crippen LogP contribution in [0.4, 0.5) is 5.82 Å². The normalized spacial score (nSPS) is 17.7. The Hall–Kier alpha value is -2.05. The van der Waals surface area contributed by atoms with Crippen molar-refractivity contribution >= 4 is 5.82 Å². The minimum absolute atomic E-state index is 0.296. The van der Waals surface area contributed by atoms with Crippen LogP contribution in [0.3, 0.4) is 0 Å². The molecule has 6 nitrogen and oxygen atoms in total. The molecule has 0 amide bonds. The van der Waals surface area contributed by atoms with Crippen molar-refractivity contribution in [2.75, 3.05) is 31.6 Å². The third-order valence-electron chi connectivity index (χ3n) is 4.55. The van der Waals surface area contributed by atoms with Crippen molar-refractivity contribution in [3.8, 4) is 5.75 Å². The molecule has 1 aliphatic heterocycles. The van der Waals surface area contributed by atoms with Crippen LogP contribution < -0.4 is 15.4 Å². The van der Waals surface area contributed by atoms with Crippen LogP contribution in [0.15, 0.2) is 24.3 Å². The van der Waals surface area contributed by atoms with Crippen LogP contribution in [-0.4, -0.2) is 47.2 Å². The van der Waals surface area contributed by atoms with Gasteiger partial charge in [0, 0.05) is 38.2 Å². The first-order valence-corrected chi connectivity index (χ1v) is 8.89. The fraction of sp³-hybridized carbons (Fsp3) is 0.526. The first kappa shape index (κ1) is 17.8. The van der Waals surface area contributed by atoms with E-state index in [1.54, 1.807) is 0 Å². The van der Waals surface area contributed by atoms with Crippen molar-refractivity contribution in [1.82, 2.24) is 15.1 Å². The number of fused-ring (bicyclic) bond motifs is 1. The maximum absolute atomic E-state index is 10.2. The average molecular weight is 344 g/mol. The van der Waals surface area contributed by atoms with Crippen LogP contribution in [0.2, 0.25) is 0 Å². The molecule has 2 atom stereocenters. The fourth-order valence-electron chi connectivity index (χ4n) is 3.24. The van der Waals surface area contributed by atoms with Gasteiger partial charge in [-0.2, -0.15) is 5.10 Å². The molecule has 1 aromatic heterocycles. The van der Waals surface area contributed by atoms with Crippen LogP contribution in [0.1, 0.15) is 16.8 Å². The zero-order chi connectivity index (χ0) is 17.8. The van der Waals surface area contributed by atoms with Gasteiger partial charge in [-0.25, -0.2) is 4.68 Å². The largest absolute Gasteiger partial charge is 0.490 e. The zero-order valence-corrected chi connectivity index (χ0v) is 15.2. The molecule has 0 spiro atoms. The van der Waals surface area contributed by atoms with E-state index < -0.39 is 6.10 Å². The number of nitrogens with one attached hydrogen (secondary N) is 2. The van der Waals surface area contributed by atoms with Crippen LogP contribution in [-0.2, 0) is 6.54 Å². The Morgan fingerprint density at radius 2 is 2.12 bits per heavy atom. The molecule has 0 saturated heterocycles. The number of hydrogen-bond acceptors (Lipinski definition) is 5.